The van der Waals surface area contributed by atoms with E-state index in [-0.39, 0.29) is 5.69 Å². The SMILES string of the molecule is CC.Cc1[nH]c(=O)[nH]c(=O)c1O. The minimum atomic E-state index is -0.763. The highest BCUT2D eigenvalue weighted by atomic mass is 16.3. The number of hydrogen-bond acceptors (Lipinski definition) is 3. The molecule has 0 unspecified atom stereocenters. The lowest BCUT2D eigenvalue weighted by atomic mass is 10.4. The smallest absolute Gasteiger partial charge is 0.326 e. The first-order chi connectivity index (χ1) is 5.61. The summed E-state index contributed by atoms with van der Waals surface area (Å²) >= 11 is 0. The van der Waals surface area contributed by atoms with Crippen molar-refractivity contribution in [2.45, 2.75) is 20.8 Å². The Kier molecular flexibility index (Phi) is 3.82. The third kappa shape index (κ3) is 2.26. The van der Waals surface area contributed by atoms with Crippen LogP contribution in [0.15, 0.2) is 9.59 Å². The van der Waals surface area contributed by atoms with Crippen LogP contribution in [0.2, 0.25) is 0 Å². The first kappa shape index (κ1) is 10.5. The normalized spacial score (nSPS) is 8.58. The van der Waals surface area contributed by atoms with Crippen molar-refractivity contribution in [3.05, 3.63) is 26.5 Å². The van der Waals surface area contributed by atoms with Crippen LogP contribution in [0, 0.1) is 6.92 Å². The highest BCUT2D eigenvalue weighted by Crippen LogP contribution is 1.99. The fourth-order valence-electron chi connectivity index (χ4n) is 0.593. The zero-order chi connectivity index (χ0) is 9.72. The molecule has 0 atom stereocenters. The molecule has 0 aliphatic rings. The monoisotopic (exact) mass is 172 g/mol. The maximum Gasteiger partial charge on any atom is 0.326 e. The Labute approximate surface area is 69.1 Å². The molecule has 0 amide bonds. The van der Waals surface area contributed by atoms with Gasteiger partial charge in [0.05, 0.1) is 5.69 Å². The molecule has 0 aliphatic carbocycles. The van der Waals surface area contributed by atoms with Gasteiger partial charge in [0.25, 0.3) is 5.56 Å². The van der Waals surface area contributed by atoms with Crippen LogP contribution in [0.5, 0.6) is 5.75 Å². The van der Waals surface area contributed by atoms with Crippen LogP contribution in [-0.2, 0) is 0 Å². The number of aromatic nitrogens is 2. The van der Waals surface area contributed by atoms with Crippen molar-refractivity contribution in [2.75, 3.05) is 0 Å². The molecule has 1 rings (SSSR count). The molecule has 0 saturated carbocycles. The van der Waals surface area contributed by atoms with E-state index in [1.807, 2.05) is 18.8 Å². The zero-order valence-corrected chi connectivity index (χ0v) is 7.26. The molecule has 1 heterocycles. The predicted molar refractivity (Wildman–Crippen MR) is 45.4 cm³/mol. The van der Waals surface area contributed by atoms with Gasteiger partial charge in [-0.2, -0.15) is 0 Å². The van der Waals surface area contributed by atoms with Gasteiger partial charge in [-0.1, -0.05) is 13.8 Å². The highest BCUT2D eigenvalue weighted by Gasteiger charge is 2.00. The summed E-state index contributed by atoms with van der Waals surface area (Å²) in [6, 6.07) is 0. The van der Waals surface area contributed by atoms with Gasteiger partial charge in [0.2, 0.25) is 5.75 Å². The Morgan fingerprint density at radius 3 is 2.08 bits per heavy atom. The average molecular weight is 172 g/mol. The fraction of sp³-hybridized carbons (Fsp3) is 0.429. The van der Waals surface area contributed by atoms with E-state index < -0.39 is 17.0 Å². The van der Waals surface area contributed by atoms with Crippen molar-refractivity contribution < 1.29 is 5.11 Å². The van der Waals surface area contributed by atoms with Gasteiger partial charge in [0, 0.05) is 0 Å². The van der Waals surface area contributed by atoms with E-state index in [9.17, 15) is 9.59 Å². The largest absolute Gasteiger partial charge is 0.502 e. The van der Waals surface area contributed by atoms with E-state index in [1.165, 1.54) is 6.92 Å². The Morgan fingerprint density at radius 2 is 1.67 bits per heavy atom. The lowest BCUT2D eigenvalue weighted by Gasteiger charge is -1.92. The van der Waals surface area contributed by atoms with Crippen molar-refractivity contribution in [2.24, 2.45) is 0 Å². The van der Waals surface area contributed by atoms with Gasteiger partial charge in [-0.25, -0.2) is 4.79 Å². The molecule has 0 fully saturated rings. The van der Waals surface area contributed by atoms with Gasteiger partial charge in [-0.3, -0.25) is 9.78 Å². The van der Waals surface area contributed by atoms with Crippen LogP contribution in [0.25, 0.3) is 0 Å². The van der Waals surface area contributed by atoms with Crippen LogP contribution in [0.3, 0.4) is 0 Å². The summed E-state index contributed by atoms with van der Waals surface area (Å²) < 4.78 is 0. The van der Waals surface area contributed by atoms with Gasteiger partial charge < -0.3 is 10.1 Å². The van der Waals surface area contributed by atoms with E-state index in [1.54, 1.807) is 0 Å². The summed E-state index contributed by atoms with van der Waals surface area (Å²) in [6.07, 6.45) is 0. The van der Waals surface area contributed by atoms with Gasteiger partial charge >= 0.3 is 5.69 Å². The summed E-state index contributed by atoms with van der Waals surface area (Å²) in [6.45, 7) is 5.44. The molecular formula is C7H12N2O3. The van der Waals surface area contributed by atoms with E-state index in [0.717, 1.165) is 0 Å². The molecular weight excluding hydrogens is 160 g/mol. The Hall–Kier alpha value is -1.52. The summed E-state index contributed by atoms with van der Waals surface area (Å²) in [7, 11) is 0. The minimum absolute atomic E-state index is 0.175. The molecule has 0 aromatic carbocycles. The maximum atomic E-state index is 10.5. The second kappa shape index (κ2) is 4.38. The molecule has 3 N–H and O–H groups in total. The zero-order valence-electron chi connectivity index (χ0n) is 7.26. The number of aryl methyl sites for hydroxylation is 1. The summed E-state index contributed by atoms with van der Waals surface area (Å²) in [5.41, 5.74) is -1.20. The van der Waals surface area contributed by atoms with E-state index in [2.05, 4.69) is 4.98 Å². The summed E-state index contributed by atoms with van der Waals surface area (Å²) in [5.74, 6) is -0.445. The Morgan fingerprint density at radius 1 is 1.17 bits per heavy atom. The van der Waals surface area contributed by atoms with Crippen LogP contribution in [0.1, 0.15) is 19.5 Å². The van der Waals surface area contributed by atoms with Crippen molar-refractivity contribution >= 4 is 0 Å². The van der Waals surface area contributed by atoms with E-state index >= 15 is 0 Å². The molecule has 0 spiro atoms. The fourth-order valence-corrected chi connectivity index (χ4v) is 0.593. The van der Waals surface area contributed by atoms with Crippen molar-refractivity contribution in [1.29, 1.82) is 0 Å². The standard InChI is InChI=1S/C5H6N2O3.C2H6/c1-2-3(8)4(9)7-5(10)6-2;1-2/h8H,1H3,(H2,6,7,9,10);1-2H3. The highest BCUT2D eigenvalue weighted by molar-refractivity contribution is 5.19. The molecule has 0 radical (unpaired) electrons. The maximum absolute atomic E-state index is 10.5. The topological polar surface area (TPSA) is 86.0 Å². The van der Waals surface area contributed by atoms with Gasteiger partial charge in [-0.05, 0) is 6.92 Å². The molecule has 5 nitrogen and oxygen atoms in total. The Bertz CT molecular complexity index is 350. The van der Waals surface area contributed by atoms with Crippen molar-refractivity contribution in [3.63, 3.8) is 0 Å². The molecule has 1 aromatic heterocycles. The third-order valence-corrected chi connectivity index (χ3v) is 1.10. The lowest BCUT2D eigenvalue weighted by Crippen LogP contribution is -2.22. The van der Waals surface area contributed by atoms with Crippen LogP contribution in [0.4, 0.5) is 0 Å². The van der Waals surface area contributed by atoms with E-state index in [0.29, 0.717) is 0 Å². The summed E-state index contributed by atoms with van der Waals surface area (Å²) in [5, 5.41) is 8.82. The molecule has 1 aromatic rings. The molecule has 68 valence electrons. The molecule has 5 heteroatoms. The first-order valence-electron chi connectivity index (χ1n) is 3.63. The number of aromatic amines is 2. The number of hydrogen-bond donors (Lipinski definition) is 3. The second-order valence-corrected chi connectivity index (χ2v) is 1.88. The van der Waals surface area contributed by atoms with Crippen molar-refractivity contribution in [1.82, 2.24) is 9.97 Å². The van der Waals surface area contributed by atoms with Gasteiger partial charge in [0.1, 0.15) is 0 Å². The van der Waals surface area contributed by atoms with Crippen LogP contribution in [-0.4, -0.2) is 15.1 Å². The number of nitrogens with one attached hydrogen (secondary N) is 2. The number of rotatable bonds is 0. The third-order valence-electron chi connectivity index (χ3n) is 1.10. The Balaban J connectivity index is 0.000000561. The molecule has 0 bridgehead atoms. The summed E-state index contributed by atoms with van der Waals surface area (Å²) in [4.78, 5) is 25.1. The molecule has 0 aliphatic heterocycles. The minimum Gasteiger partial charge on any atom is -0.502 e. The number of aromatic hydroxyl groups is 1. The van der Waals surface area contributed by atoms with E-state index in [4.69, 9.17) is 5.11 Å². The van der Waals surface area contributed by atoms with Crippen LogP contribution >= 0.6 is 0 Å². The van der Waals surface area contributed by atoms with Crippen molar-refractivity contribution in [3.8, 4) is 5.75 Å². The second-order valence-electron chi connectivity index (χ2n) is 1.88. The van der Waals surface area contributed by atoms with Gasteiger partial charge in [-0.15, -0.1) is 0 Å². The molecule has 12 heavy (non-hydrogen) atoms. The average Bonchev–Trinajstić information content (AvgIpc) is 2.04. The van der Waals surface area contributed by atoms with Crippen LogP contribution < -0.4 is 11.2 Å². The lowest BCUT2D eigenvalue weighted by molar-refractivity contribution is 0.457. The van der Waals surface area contributed by atoms with Gasteiger partial charge in [0.15, 0.2) is 0 Å². The first-order valence-corrected chi connectivity index (χ1v) is 3.63. The number of H-pyrrole nitrogens is 2. The predicted octanol–water partition coefficient (Wildman–Crippen LogP) is 0.103. The molecule has 0 saturated heterocycles. The quantitative estimate of drug-likeness (QED) is 0.519.